The van der Waals surface area contributed by atoms with Gasteiger partial charge in [-0.15, -0.1) is 0 Å². The maximum absolute atomic E-state index is 2.42. The van der Waals surface area contributed by atoms with Crippen molar-refractivity contribution in [2.24, 2.45) is 0 Å². The van der Waals surface area contributed by atoms with Gasteiger partial charge in [0.25, 0.3) is 0 Å². The van der Waals surface area contributed by atoms with E-state index in [4.69, 9.17) is 0 Å². The second kappa shape index (κ2) is 11.6. The zero-order valence-electron chi connectivity index (χ0n) is 28.2. The maximum atomic E-state index is 2.42. The molecule has 0 N–H and O–H groups in total. The van der Waals surface area contributed by atoms with Crippen molar-refractivity contribution in [3.05, 3.63) is 210 Å². The first-order valence-electron chi connectivity index (χ1n) is 17.8. The predicted octanol–water partition coefficient (Wildman–Crippen LogP) is 13.4. The molecule has 0 saturated carbocycles. The molecule has 9 aromatic rings. The fourth-order valence-electron chi connectivity index (χ4n) is 8.77. The van der Waals surface area contributed by atoms with Crippen LogP contribution >= 0.6 is 23.5 Å². The number of hydrogen-bond donors (Lipinski definition) is 0. The van der Waals surface area contributed by atoms with Crippen LogP contribution in [0.15, 0.2) is 208 Å². The van der Waals surface area contributed by atoms with E-state index in [9.17, 15) is 0 Å². The number of benzene rings is 8. The average molecular weight is 698 g/mol. The molecule has 2 aliphatic rings. The molecule has 0 saturated heterocycles. The van der Waals surface area contributed by atoms with Gasteiger partial charge in [0.1, 0.15) is 0 Å². The Morgan fingerprint density at radius 2 is 0.885 bits per heavy atom. The monoisotopic (exact) mass is 697 g/mol. The van der Waals surface area contributed by atoms with Crippen LogP contribution in [0.4, 0.5) is 0 Å². The van der Waals surface area contributed by atoms with E-state index >= 15 is 0 Å². The zero-order chi connectivity index (χ0) is 34.2. The molecular weight excluding hydrogens is 667 g/mol. The number of aromatic nitrogens is 1. The molecule has 52 heavy (non-hydrogen) atoms. The average Bonchev–Trinajstić information content (AvgIpc) is 3.55. The van der Waals surface area contributed by atoms with Gasteiger partial charge in [0, 0.05) is 36.0 Å². The summed E-state index contributed by atoms with van der Waals surface area (Å²) in [5.41, 5.74) is 13.5. The van der Waals surface area contributed by atoms with Gasteiger partial charge in [-0.2, -0.15) is 0 Å². The van der Waals surface area contributed by atoms with Crippen molar-refractivity contribution in [3.63, 3.8) is 0 Å². The first kappa shape index (κ1) is 29.9. The lowest BCUT2D eigenvalue weighted by atomic mass is 9.64. The first-order chi connectivity index (χ1) is 25.8. The van der Waals surface area contributed by atoms with Crippen molar-refractivity contribution in [2.45, 2.75) is 25.0 Å². The largest absolute Gasteiger partial charge is 0.309 e. The van der Waals surface area contributed by atoms with Crippen LogP contribution < -0.4 is 0 Å². The highest BCUT2D eigenvalue weighted by molar-refractivity contribution is 8.00. The smallest absolute Gasteiger partial charge is 0.0745 e. The van der Waals surface area contributed by atoms with E-state index in [0.717, 1.165) is 0 Å². The lowest BCUT2D eigenvalue weighted by Crippen LogP contribution is -2.37. The molecule has 3 heteroatoms. The third-order valence-electron chi connectivity index (χ3n) is 10.9. The van der Waals surface area contributed by atoms with Gasteiger partial charge >= 0.3 is 0 Å². The standard InChI is InChI=1S/C49H31NS2/c1-3-15-32(16-4-1)35-20-13-24-41-47(35)51-45-27-11-8-22-39(45)49(41)40-23-9-12-28-46(40)52-48-36(21-14-25-42(48)49)33-29-30-38-37-19-7-10-26-43(37)50(44(38)31-33)34-17-5-2-6-18-34/h1-31H. The third-order valence-corrected chi connectivity index (χ3v) is 13.4. The fraction of sp³-hybridized carbons (Fsp3) is 0.0204. The van der Waals surface area contributed by atoms with Crippen LogP contribution in [-0.4, -0.2) is 4.57 Å². The van der Waals surface area contributed by atoms with E-state index in [1.807, 2.05) is 23.5 Å². The number of para-hydroxylation sites is 2. The van der Waals surface area contributed by atoms with Crippen LogP contribution in [0.5, 0.6) is 0 Å². The Hall–Kier alpha value is -5.74. The second-order valence-corrected chi connectivity index (χ2v) is 15.7. The first-order valence-corrected chi connectivity index (χ1v) is 19.4. The normalized spacial score (nSPS) is 15.6. The van der Waals surface area contributed by atoms with Gasteiger partial charge < -0.3 is 4.57 Å². The minimum absolute atomic E-state index is 0.488. The molecule has 3 heterocycles. The number of rotatable bonds is 3. The van der Waals surface area contributed by atoms with E-state index in [0.29, 0.717) is 0 Å². The van der Waals surface area contributed by atoms with Gasteiger partial charge in [-0.05, 0) is 80.9 Å². The molecule has 0 fully saturated rings. The number of fused-ring (bicyclic) bond motifs is 11. The molecule has 2 aliphatic heterocycles. The fourth-order valence-corrected chi connectivity index (χ4v) is 11.4. The zero-order valence-corrected chi connectivity index (χ0v) is 29.8. The molecule has 0 bridgehead atoms. The van der Waals surface area contributed by atoms with E-state index in [1.54, 1.807) is 0 Å². The van der Waals surface area contributed by atoms with E-state index in [2.05, 4.69) is 193 Å². The van der Waals surface area contributed by atoms with Crippen LogP contribution in [0.1, 0.15) is 22.3 Å². The lowest BCUT2D eigenvalue weighted by Gasteiger charge is -2.46. The van der Waals surface area contributed by atoms with E-state index in [-0.39, 0.29) is 0 Å². The summed E-state index contributed by atoms with van der Waals surface area (Å²) in [6.07, 6.45) is 0. The molecule has 244 valence electrons. The summed E-state index contributed by atoms with van der Waals surface area (Å²) in [4.78, 5) is 5.27. The van der Waals surface area contributed by atoms with Crippen LogP contribution in [-0.2, 0) is 5.41 Å². The topological polar surface area (TPSA) is 4.93 Å². The van der Waals surface area contributed by atoms with Crippen molar-refractivity contribution >= 4 is 45.3 Å². The number of nitrogens with zero attached hydrogens (tertiary/aromatic N) is 1. The highest BCUT2D eigenvalue weighted by Crippen LogP contribution is 2.63. The Balaban J connectivity index is 1.22. The van der Waals surface area contributed by atoms with Crippen molar-refractivity contribution in [1.29, 1.82) is 0 Å². The van der Waals surface area contributed by atoms with Gasteiger partial charge in [-0.1, -0.05) is 175 Å². The van der Waals surface area contributed by atoms with Gasteiger partial charge in [-0.3, -0.25) is 0 Å². The minimum Gasteiger partial charge on any atom is -0.309 e. The van der Waals surface area contributed by atoms with Crippen molar-refractivity contribution in [2.75, 3.05) is 0 Å². The molecule has 1 spiro atoms. The Morgan fingerprint density at radius 1 is 0.365 bits per heavy atom. The molecule has 0 radical (unpaired) electrons. The van der Waals surface area contributed by atoms with Gasteiger partial charge in [0.2, 0.25) is 0 Å². The second-order valence-electron chi connectivity index (χ2n) is 13.6. The minimum atomic E-state index is -0.488. The van der Waals surface area contributed by atoms with Crippen LogP contribution in [0, 0.1) is 0 Å². The molecule has 1 nitrogen and oxygen atoms in total. The molecule has 1 aromatic heterocycles. The Bertz CT molecular complexity index is 2840. The molecule has 11 rings (SSSR count). The van der Waals surface area contributed by atoms with Crippen molar-refractivity contribution in [3.8, 4) is 27.9 Å². The lowest BCUT2D eigenvalue weighted by molar-refractivity contribution is 0.668. The van der Waals surface area contributed by atoms with Gasteiger partial charge in [0.15, 0.2) is 0 Å². The highest BCUT2D eigenvalue weighted by Gasteiger charge is 2.49. The summed E-state index contributed by atoms with van der Waals surface area (Å²) in [7, 11) is 0. The Morgan fingerprint density at radius 3 is 1.56 bits per heavy atom. The summed E-state index contributed by atoms with van der Waals surface area (Å²) in [6, 6.07) is 69.7. The summed E-state index contributed by atoms with van der Waals surface area (Å²) in [5.74, 6) is 0. The SMILES string of the molecule is c1ccc(-c2cccc3c2Sc2ccccc2C32c3ccccc3Sc3c(-c4ccc5c6ccccc6n(-c6ccccc6)c5c4)cccc32)cc1. The molecule has 0 amide bonds. The van der Waals surface area contributed by atoms with Crippen molar-refractivity contribution < 1.29 is 0 Å². The van der Waals surface area contributed by atoms with E-state index in [1.165, 1.54) is 91.6 Å². The van der Waals surface area contributed by atoms with Crippen LogP contribution in [0.3, 0.4) is 0 Å². The third kappa shape index (κ3) is 4.21. The van der Waals surface area contributed by atoms with E-state index < -0.39 is 5.41 Å². The highest BCUT2D eigenvalue weighted by atomic mass is 32.2. The maximum Gasteiger partial charge on any atom is 0.0745 e. The quantitative estimate of drug-likeness (QED) is 0.181. The molecule has 8 aromatic carbocycles. The Labute approximate surface area is 311 Å². The Kier molecular flexibility index (Phi) is 6.70. The van der Waals surface area contributed by atoms with Crippen molar-refractivity contribution in [1.82, 2.24) is 4.57 Å². The van der Waals surface area contributed by atoms with Crippen LogP contribution in [0.2, 0.25) is 0 Å². The molecule has 0 aliphatic carbocycles. The summed E-state index contributed by atoms with van der Waals surface area (Å²) in [6.45, 7) is 0. The number of hydrogen-bond acceptors (Lipinski definition) is 2. The molecular formula is C49H31NS2. The molecule has 1 atom stereocenters. The predicted molar refractivity (Wildman–Crippen MR) is 218 cm³/mol. The summed E-state index contributed by atoms with van der Waals surface area (Å²) < 4.78 is 2.42. The van der Waals surface area contributed by atoms with Gasteiger partial charge in [0.05, 0.1) is 16.4 Å². The van der Waals surface area contributed by atoms with Gasteiger partial charge in [-0.25, -0.2) is 0 Å². The summed E-state index contributed by atoms with van der Waals surface area (Å²) >= 11 is 3.83. The molecule has 1 unspecified atom stereocenters. The summed E-state index contributed by atoms with van der Waals surface area (Å²) in [5, 5.41) is 2.54. The van der Waals surface area contributed by atoms with Crippen LogP contribution in [0.25, 0.3) is 49.7 Å².